The fourth-order valence-electron chi connectivity index (χ4n) is 4.98. The van der Waals surface area contributed by atoms with Gasteiger partial charge >= 0.3 is 6.16 Å². The van der Waals surface area contributed by atoms with Gasteiger partial charge < -0.3 is 24.4 Å². The maximum absolute atomic E-state index is 11.7. The normalized spacial score (nSPS) is 11.1. The van der Waals surface area contributed by atoms with Gasteiger partial charge in [0.05, 0.1) is 13.2 Å². The van der Waals surface area contributed by atoms with Crippen LogP contribution in [-0.4, -0.2) is 29.6 Å². The van der Waals surface area contributed by atoms with E-state index in [0.717, 1.165) is 101 Å². The van der Waals surface area contributed by atoms with E-state index in [1.165, 1.54) is 32.1 Å². The van der Waals surface area contributed by atoms with Crippen LogP contribution in [-0.2, 0) is 12.8 Å². The molecule has 1 rings (SSSR count). The van der Waals surface area contributed by atoms with Crippen molar-refractivity contribution in [1.82, 2.24) is 0 Å². The Labute approximate surface area is 238 Å². The van der Waals surface area contributed by atoms with E-state index in [-0.39, 0.29) is 17.2 Å². The first-order valence-electron chi connectivity index (χ1n) is 16.1. The molecule has 1 aromatic carbocycles. The predicted octanol–water partition coefficient (Wildman–Crippen LogP) is 10.4. The van der Waals surface area contributed by atoms with E-state index >= 15 is 0 Å². The fraction of sp³-hybridized carbons (Fsp3) is 0.788. The average Bonchev–Trinajstić information content (AvgIpc) is 2.92. The lowest BCUT2D eigenvalue weighted by Crippen LogP contribution is -2.12. The number of ether oxygens (including phenoxy) is 3. The van der Waals surface area contributed by atoms with Gasteiger partial charge in [0, 0.05) is 11.1 Å². The number of phenolic OH excluding ortho intramolecular Hbond substituents is 1. The van der Waals surface area contributed by atoms with E-state index in [4.69, 9.17) is 14.2 Å². The van der Waals surface area contributed by atoms with Crippen molar-refractivity contribution < 1.29 is 29.2 Å². The molecule has 0 saturated carbocycles. The number of hydrogen-bond donors (Lipinski definition) is 2. The van der Waals surface area contributed by atoms with Crippen LogP contribution in [0.3, 0.4) is 0 Å². The van der Waals surface area contributed by atoms with Crippen molar-refractivity contribution >= 4 is 6.16 Å². The highest BCUT2D eigenvalue weighted by atomic mass is 16.7. The Morgan fingerprint density at radius 2 is 0.949 bits per heavy atom. The smallest absolute Gasteiger partial charge is 0.504 e. The molecule has 0 aliphatic carbocycles. The van der Waals surface area contributed by atoms with Crippen molar-refractivity contribution in [3.8, 4) is 23.0 Å². The van der Waals surface area contributed by atoms with Crippen LogP contribution in [0.25, 0.3) is 0 Å². The van der Waals surface area contributed by atoms with Crippen LogP contribution in [0, 0.1) is 0 Å². The molecule has 39 heavy (non-hydrogen) atoms. The highest BCUT2D eigenvalue weighted by molar-refractivity contribution is 5.72. The second-order valence-corrected chi connectivity index (χ2v) is 10.8. The number of carbonyl (C=O) groups is 1. The summed E-state index contributed by atoms with van der Waals surface area (Å²) in [7, 11) is 0. The number of carboxylic acid groups (broad SMARTS) is 1. The first-order valence-corrected chi connectivity index (χ1v) is 16.1. The van der Waals surface area contributed by atoms with E-state index in [1.54, 1.807) is 0 Å². The largest absolute Gasteiger partial charge is 0.511 e. The molecular weight excluding hydrogens is 492 g/mol. The van der Waals surface area contributed by atoms with Crippen LogP contribution in [0.15, 0.2) is 0 Å². The minimum Gasteiger partial charge on any atom is -0.504 e. The van der Waals surface area contributed by atoms with Crippen molar-refractivity contribution in [3.05, 3.63) is 11.1 Å². The molecule has 0 amide bonds. The first-order chi connectivity index (χ1) is 19.0. The van der Waals surface area contributed by atoms with Crippen LogP contribution in [0.2, 0.25) is 0 Å². The minimum absolute atomic E-state index is 0.101. The molecule has 0 unspecified atom stereocenters. The molecule has 0 aliphatic heterocycles. The third-order valence-electron chi connectivity index (χ3n) is 7.29. The highest BCUT2D eigenvalue weighted by Crippen LogP contribution is 2.51. The van der Waals surface area contributed by atoms with E-state index in [1.807, 2.05) is 0 Å². The number of rotatable bonds is 25. The number of aromatic hydroxyl groups is 1. The number of phenols is 1. The zero-order chi connectivity index (χ0) is 28.7. The predicted molar refractivity (Wildman–Crippen MR) is 161 cm³/mol. The second-order valence-electron chi connectivity index (χ2n) is 10.8. The van der Waals surface area contributed by atoms with Gasteiger partial charge in [-0.3, -0.25) is 0 Å². The van der Waals surface area contributed by atoms with Crippen LogP contribution in [0.5, 0.6) is 23.0 Å². The molecule has 6 heteroatoms. The summed E-state index contributed by atoms with van der Waals surface area (Å²) in [6, 6.07) is 0. The minimum atomic E-state index is -1.46. The number of unbranched alkanes of at least 4 members (excludes halogenated alkanes) is 14. The van der Waals surface area contributed by atoms with E-state index < -0.39 is 6.16 Å². The Morgan fingerprint density at radius 3 is 1.41 bits per heavy atom. The van der Waals surface area contributed by atoms with Crippen LogP contribution >= 0.6 is 0 Å². The average molecular weight is 551 g/mol. The van der Waals surface area contributed by atoms with Crippen molar-refractivity contribution in [3.63, 3.8) is 0 Å². The summed E-state index contributed by atoms with van der Waals surface area (Å²) in [5, 5.41) is 20.9. The molecule has 0 aromatic heterocycles. The summed E-state index contributed by atoms with van der Waals surface area (Å²) in [5.74, 6) is 0.618. The lowest BCUT2D eigenvalue weighted by atomic mass is 9.93. The molecule has 1 aromatic rings. The molecule has 0 spiro atoms. The number of benzene rings is 1. The zero-order valence-electron chi connectivity index (χ0n) is 25.6. The molecular formula is C33H58O6. The van der Waals surface area contributed by atoms with Crippen molar-refractivity contribution in [2.45, 2.75) is 156 Å². The molecule has 0 atom stereocenters. The van der Waals surface area contributed by atoms with Gasteiger partial charge in [-0.1, -0.05) is 118 Å². The summed E-state index contributed by atoms with van der Waals surface area (Å²) in [5.41, 5.74) is 1.72. The van der Waals surface area contributed by atoms with Crippen molar-refractivity contribution in [2.24, 2.45) is 0 Å². The fourth-order valence-corrected chi connectivity index (χ4v) is 4.98. The maximum atomic E-state index is 11.7. The van der Waals surface area contributed by atoms with Crippen molar-refractivity contribution in [2.75, 3.05) is 13.2 Å². The Bertz CT molecular complexity index is 776. The lowest BCUT2D eigenvalue weighted by molar-refractivity contribution is 0.139. The lowest BCUT2D eigenvalue weighted by Gasteiger charge is -2.23. The SMILES string of the molecule is CCCCCCCOc1c(CCCCCC)c(CCCCCC)c(O)c(OC(=O)O)c1OCCCCCCC. The molecule has 2 N–H and O–H groups in total. The standard InChI is InChI=1S/C33H58O6/c1-5-9-13-17-21-25-37-30-28(24-20-16-12-8-4)27(23-19-15-11-7-3)29(34)31(39-33(35)36)32(30)38-26-22-18-14-10-6-2/h34H,5-26H2,1-4H3,(H,35,36). The van der Waals surface area contributed by atoms with Crippen LogP contribution in [0.1, 0.15) is 154 Å². The van der Waals surface area contributed by atoms with Gasteiger partial charge in [-0.25, -0.2) is 4.79 Å². The van der Waals surface area contributed by atoms with Gasteiger partial charge in [-0.15, -0.1) is 0 Å². The Hall–Kier alpha value is -2.11. The highest BCUT2D eigenvalue weighted by Gasteiger charge is 2.29. The molecule has 0 fully saturated rings. The number of hydrogen-bond acceptors (Lipinski definition) is 5. The third kappa shape index (κ3) is 14.2. The Morgan fingerprint density at radius 1 is 0.538 bits per heavy atom. The summed E-state index contributed by atoms with van der Waals surface area (Å²) in [6.45, 7) is 9.73. The molecule has 0 bridgehead atoms. The summed E-state index contributed by atoms with van der Waals surface area (Å²) in [4.78, 5) is 11.7. The van der Waals surface area contributed by atoms with Crippen LogP contribution in [0.4, 0.5) is 4.79 Å². The third-order valence-corrected chi connectivity index (χ3v) is 7.29. The van der Waals surface area contributed by atoms with E-state index in [0.29, 0.717) is 25.4 Å². The molecule has 0 radical (unpaired) electrons. The monoisotopic (exact) mass is 550 g/mol. The van der Waals surface area contributed by atoms with Gasteiger partial charge in [-0.2, -0.15) is 0 Å². The topological polar surface area (TPSA) is 85.2 Å². The van der Waals surface area contributed by atoms with Gasteiger partial charge in [0.2, 0.25) is 11.5 Å². The first kappa shape index (κ1) is 34.9. The summed E-state index contributed by atoms with van der Waals surface area (Å²) >= 11 is 0. The summed E-state index contributed by atoms with van der Waals surface area (Å²) in [6.07, 6.45) is 19.6. The second kappa shape index (κ2) is 22.7. The van der Waals surface area contributed by atoms with Gasteiger partial charge in [0.15, 0.2) is 11.5 Å². The van der Waals surface area contributed by atoms with Crippen LogP contribution < -0.4 is 14.2 Å². The molecule has 226 valence electrons. The quantitative estimate of drug-likeness (QED) is 0.0715. The van der Waals surface area contributed by atoms with E-state index in [2.05, 4.69) is 27.7 Å². The maximum Gasteiger partial charge on any atom is 0.511 e. The zero-order valence-corrected chi connectivity index (χ0v) is 25.6. The Balaban J connectivity index is 3.42. The molecule has 0 heterocycles. The molecule has 0 saturated heterocycles. The Kier molecular flexibility index (Phi) is 20.3. The van der Waals surface area contributed by atoms with Gasteiger partial charge in [0.1, 0.15) is 0 Å². The van der Waals surface area contributed by atoms with Gasteiger partial charge in [-0.05, 0) is 38.5 Å². The summed E-state index contributed by atoms with van der Waals surface area (Å²) < 4.78 is 17.9. The molecule has 0 aliphatic rings. The molecule has 6 nitrogen and oxygen atoms in total. The van der Waals surface area contributed by atoms with E-state index in [9.17, 15) is 15.0 Å². The van der Waals surface area contributed by atoms with Gasteiger partial charge in [0.25, 0.3) is 0 Å². The van der Waals surface area contributed by atoms with Crippen molar-refractivity contribution in [1.29, 1.82) is 0 Å².